The molecule has 2 aromatic rings. The Morgan fingerprint density at radius 2 is 2.00 bits per heavy atom. The molecule has 3 nitrogen and oxygen atoms in total. The number of aryl methyl sites for hydroxylation is 1. The van der Waals surface area contributed by atoms with E-state index in [2.05, 4.69) is 10.5 Å². The summed E-state index contributed by atoms with van der Waals surface area (Å²) in [6.45, 7) is 3.93. The molecule has 98 valence electrons. The normalized spacial score (nSPS) is 11.4. The third-order valence-corrected chi connectivity index (χ3v) is 3.61. The monoisotopic (exact) mass is 272 g/mol. The average molecular weight is 272 g/mol. The Labute approximate surface area is 117 Å². The van der Waals surface area contributed by atoms with Crippen molar-refractivity contribution in [1.82, 2.24) is 5.43 Å². The summed E-state index contributed by atoms with van der Waals surface area (Å²) in [4.78, 5) is 12.7. The number of carbonyl (C=O) groups excluding carboxylic acids is 1. The zero-order chi connectivity index (χ0) is 13.7. The topological polar surface area (TPSA) is 41.5 Å². The highest BCUT2D eigenvalue weighted by Gasteiger charge is 2.03. The Balaban J connectivity index is 1.94. The second-order valence-corrected chi connectivity index (χ2v) is 5.39. The first kappa shape index (κ1) is 13.5. The molecular weight excluding hydrogens is 256 g/mol. The predicted molar refractivity (Wildman–Crippen MR) is 79.6 cm³/mol. The second kappa shape index (κ2) is 6.29. The van der Waals surface area contributed by atoms with Crippen molar-refractivity contribution >= 4 is 23.0 Å². The van der Waals surface area contributed by atoms with E-state index in [1.54, 1.807) is 11.3 Å². The largest absolute Gasteiger partial charge is 0.273 e. The number of hydrogen-bond donors (Lipinski definition) is 1. The molecule has 0 unspecified atom stereocenters. The van der Waals surface area contributed by atoms with E-state index in [9.17, 15) is 4.79 Å². The summed E-state index contributed by atoms with van der Waals surface area (Å²) >= 11 is 1.57. The van der Waals surface area contributed by atoms with Gasteiger partial charge in [-0.1, -0.05) is 35.9 Å². The van der Waals surface area contributed by atoms with Crippen molar-refractivity contribution in [3.63, 3.8) is 0 Å². The Hall–Kier alpha value is -1.94. The first-order valence-electron chi connectivity index (χ1n) is 6.07. The highest BCUT2D eigenvalue weighted by Crippen LogP contribution is 2.09. The van der Waals surface area contributed by atoms with Gasteiger partial charge in [0.1, 0.15) is 0 Å². The molecule has 0 fully saturated rings. The molecule has 4 heteroatoms. The number of hydrazone groups is 1. The third-order valence-electron chi connectivity index (χ3n) is 2.73. The lowest BCUT2D eigenvalue weighted by atomic mass is 10.1. The molecule has 1 N–H and O–H groups in total. The SMILES string of the molecule is C/C(=N/NC(=O)Cc1cccs1)c1ccc(C)cc1. The summed E-state index contributed by atoms with van der Waals surface area (Å²) in [7, 11) is 0. The number of nitrogens with one attached hydrogen (secondary N) is 1. The van der Waals surface area contributed by atoms with Gasteiger partial charge in [0.2, 0.25) is 5.91 Å². The van der Waals surface area contributed by atoms with Gasteiger partial charge in [-0.3, -0.25) is 4.79 Å². The van der Waals surface area contributed by atoms with Crippen LogP contribution in [-0.4, -0.2) is 11.6 Å². The molecule has 0 aliphatic rings. The summed E-state index contributed by atoms with van der Waals surface area (Å²) in [5, 5.41) is 6.09. The number of nitrogens with zero attached hydrogens (tertiary/aromatic N) is 1. The fourth-order valence-electron chi connectivity index (χ4n) is 1.62. The van der Waals surface area contributed by atoms with E-state index in [-0.39, 0.29) is 5.91 Å². The van der Waals surface area contributed by atoms with Crippen molar-refractivity contribution < 1.29 is 4.79 Å². The highest BCUT2D eigenvalue weighted by atomic mass is 32.1. The smallest absolute Gasteiger partial charge is 0.245 e. The molecule has 1 heterocycles. The molecule has 0 aliphatic heterocycles. The zero-order valence-corrected chi connectivity index (χ0v) is 11.8. The van der Waals surface area contributed by atoms with Gasteiger partial charge in [0, 0.05) is 4.88 Å². The number of thiophene rings is 1. The summed E-state index contributed by atoms with van der Waals surface area (Å²) < 4.78 is 0. The van der Waals surface area contributed by atoms with E-state index < -0.39 is 0 Å². The van der Waals surface area contributed by atoms with Crippen molar-refractivity contribution in [1.29, 1.82) is 0 Å². The van der Waals surface area contributed by atoms with Gasteiger partial charge >= 0.3 is 0 Å². The van der Waals surface area contributed by atoms with Gasteiger partial charge in [0.05, 0.1) is 12.1 Å². The summed E-state index contributed by atoms with van der Waals surface area (Å²) in [6, 6.07) is 11.9. The lowest BCUT2D eigenvalue weighted by Gasteiger charge is -2.03. The lowest BCUT2D eigenvalue weighted by molar-refractivity contribution is -0.120. The molecule has 1 aromatic carbocycles. The summed E-state index contributed by atoms with van der Waals surface area (Å²) in [5.41, 5.74) is 5.62. The van der Waals surface area contributed by atoms with E-state index in [0.717, 1.165) is 16.2 Å². The molecule has 0 radical (unpaired) electrons. The third kappa shape index (κ3) is 4.03. The van der Waals surface area contributed by atoms with Crippen LogP contribution in [0.15, 0.2) is 46.9 Å². The first-order chi connectivity index (χ1) is 9.15. The molecule has 1 aromatic heterocycles. The van der Waals surface area contributed by atoms with Gasteiger partial charge in [-0.25, -0.2) is 5.43 Å². The highest BCUT2D eigenvalue weighted by molar-refractivity contribution is 7.10. The molecule has 0 atom stereocenters. The Morgan fingerprint density at radius 3 is 2.63 bits per heavy atom. The second-order valence-electron chi connectivity index (χ2n) is 4.35. The maximum Gasteiger partial charge on any atom is 0.245 e. The van der Waals surface area contributed by atoms with E-state index >= 15 is 0 Å². The van der Waals surface area contributed by atoms with Crippen molar-refractivity contribution in [2.45, 2.75) is 20.3 Å². The van der Waals surface area contributed by atoms with Crippen molar-refractivity contribution in [2.75, 3.05) is 0 Å². The molecular formula is C15H16N2OS. The predicted octanol–water partition coefficient (Wildman–Crippen LogP) is 3.14. The minimum atomic E-state index is -0.0890. The van der Waals surface area contributed by atoms with Gasteiger partial charge in [-0.15, -0.1) is 11.3 Å². The molecule has 19 heavy (non-hydrogen) atoms. The van der Waals surface area contributed by atoms with Crippen LogP contribution in [0.3, 0.4) is 0 Å². The van der Waals surface area contributed by atoms with Crippen LogP contribution in [0.5, 0.6) is 0 Å². The molecule has 0 aliphatic carbocycles. The summed E-state index contributed by atoms with van der Waals surface area (Å²) in [5.74, 6) is -0.0890. The number of carbonyl (C=O) groups is 1. The minimum Gasteiger partial charge on any atom is -0.273 e. The van der Waals surface area contributed by atoms with E-state index in [1.165, 1.54) is 5.56 Å². The van der Waals surface area contributed by atoms with Crippen LogP contribution in [0.2, 0.25) is 0 Å². The van der Waals surface area contributed by atoms with Crippen LogP contribution >= 0.6 is 11.3 Å². The van der Waals surface area contributed by atoms with Crippen LogP contribution in [0, 0.1) is 6.92 Å². The van der Waals surface area contributed by atoms with E-state index in [4.69, 9.17) is 0 Å². The van der Waals surface area contributed by atoms with E-state index in [0.29, 0.717) is 6.42 Å². The van der Waals surface area contributed by atoms with Crippen LogP contribution in [-0.2, 0) is 11.2 Å². The van der Waals surface area contributed by atoms with E-state index in [1.807, 2.05) is 55.6 Å². The van der Waals surface area contributed by atoms with Gasteiger partial charge < -0.3 is 0 Å². The number of hydrogen-bond acceptors (Lipinski definition) is 3. The Bertz CT molecular complexity index is 571. The van der Waals surface area contributed by atoms with Crippen LogP contribution < -0.4 is 5.43 Å². The molecule has 2 rings (SSSR count). The van der Waals surface area contributed by atoms with Crippen molar-refractivity contribution in [2.24, 2.45) is 5.10 Å². The van der Waals surface area contributed by atoms with Crippen LogP contribution in [0.25, 0.3) is 0 Å². The molecule has 0 saturated heterocycles. The maximum absolute atomic E-state index is 11.7. The number of rotatable bonds is 4. The van der Waals surface area contributed by atoms with Crippen LogP contribution in [0.1, 0.15) is 22.9 Å². The first-order valence-corrected chi connectivity index (χ1v) is 6.95. The fourth-order valence-corrected chi connectivity index (χ4v) is 2.32. The molecule has 0 saturated carbocycles. The van der Waals surface area contributed by atoms with Crippen molar-refractivity contribution in [3.05, 3.63) is 57.8 Å². The average Bonchev–Trinajstić information content (AvgIpc) is 2.89. The standard InChI is InChI=1S/C15H16N2OS/c1-11-5-7-13(8-6-11)12(2)16-17-15(18)10-14-4-3-9-19-14/h3-9H,10H2,1-2H3,(H,17,18)/b16-12-. The number of amides is 1. The lowest BCUT2D eigenvalue weighted by Crippen LogP contribution is -2.20. The molecule has 0 bridgehead atoms. The quantitative estimate of drug-likeness (QED) is 0.674. The zero-order valence-electron chi connectivity index (χ0n) is 11.0. The van der Waals surface area contributed by atoms with Crippen LogP contribution in [0.4, 0.5) is 0 Å². The fraction of sp³-hybridized carbons (Fsp3) is 0.200. The minimum absolute atomic E-state index is 0.0890. The van der Waals surface area contributed by atoms with Gasteiger partial charge in [0.25, 0.3) is 0 Å². The summed E-state index contributed by atoms with van der Waals surface area (Å²) in [6.07, 6.45) is 0.377. The van der Waals surface area contributed by atoms with Gasteiger partial charge in [0.15, 0.2) is 0 Å². The molecule has 0 spiro atoms. The Morgan fingerprint density at radius 1 is 1.26 bits per heavy atom. The maximum atomic E-state index is 11.7. The number of benzene rings is 1. The molecule has 1 amide bonds. The van der Waals surface area contributed by atoms with Crippen molar-refractivity contribution in [3.8, 4) is 0 Å². The van der Waals surface area contributed by atoms with Gasteiger partial charge in [-0.05, 0) is 30.9 Å². The van der Waals surface area contributed by atoms with Gasteiger partial charge in [-0.2, -0.15) is 5.10 Å². The Kier molecular flexibility index (Phi) is 4.47.